The van der Waals surface area contributed by atoms with E-state index in [4.69, 9.17) is 0 Å². The maximum atomic E-state index is 9.53. The van der Waals surface area contributed by atoms with Crippen molar-refractivity contribution in [2.45, 2.75) is 64.6 Å². The Balaban J connectivity index is 1.98. The maximum absolute atomic E-state index is 9.53. The van der Waals surface area contributed by atoms with Gasteiger partial charge in [-0.3, -0.25) is 0 Å². The van der Waals surface area contributed by atoms with Gasteiger partial charge in [0, 0.05) is 12.1 Å². The molecule has 2 heteroatoms. The van der Waals surface area contributed by atoms with Crippen LogP contribution in [0.15, 0.2) is 18.2 Å². The smallest absolute Gasteiger partial charge is 0.0541 e. The molecule has 0 radical (unpaired) electrons. The Morgan fingerprint density at radius 2 is 1.83 bits per heavy atom. The van der Waals surface area contributed by atoms with Gasteiger partial charge in [0.1, 0.15) is 0 Å². The number of hydrogen-bond acceptors (Lipinski definition) is 2. The van der Waals surface area contributed by atoms with Gasteiger partial charge >= 0.3 is 0 Å². The molecule has 0 amide bonds. The molecule has 1 saturated carbocycles. The summed E-state index contributed by atoms with van der Waals surface area (Å²) in [7, 11) is 0. The summed E-state index contributed by atoms with van der Waals surface area (Å²) < 4.78 is 0. The number of aliphatic hydroxyl groups is 1. The van der Waals surface area contributed by atoms with Gasteiger partial charge in [-0.25, -0.2) is 0 Å². The summed E-state index contributed by atoms with van der Waals surface area (Å²) in [4.78, 5) is 0. The zero-order valence-corrected chi connectivity index (χ0v) is 11.7. The van der Waals surface area contributed by atoms with Crippen LogP contribution in [0.4, 0.5) is 0 Å². The van der Waals surface area contributed by atoms with Crippen molar-refractivity contribution in [3.8, 4) is 0 Å². The largest absolute Gasteiger partial charge is 0.393 e. The van der Waals surface area contributed by atoms with Crippen molar-refractivity contribution in [2.75, 3.05) is 0 Å². The highest BCUT2D eigenvalue weighted by atomic mass is 16.3. The fraction of sp³-hybridized carbons (Fsp3) is 0.625. The van der Waals surface area contributed by atoms with E-state index in [1.54, 1.807) is 0 Å². The van der Waals surface area contributed by atoms with E-state index in [-0.39, 0.29) is 6.10 Å². The van der Waals surface area contributed by atoms with E-state index in [0.717, 1.165) is 25.7 Å². The Hall–Kier alpha value is -0.860. The molecule has 0 bridgehead atoms. The molecular weight excluding hydrogens is 222 g/mol. The summed E-state index contributed by atoms with van der Waals surface area (Å²) in [5.74, 6) is 0. The Morgan fingerprint density at radius 1 is 1.17 bits per heavy atom. The second-order valence-corrected chi connectivity index (χ2v) is 5.75. The first-order valence-corrected chi connectivity index (χ1v) is 7.07. The molecule has 1 aliphatic carbocycles. The van der Waals surface area contributed by atoms with E-state index in [2.05, 4.69) is 44.3 Å². The van der Waals surface area contributed by atoms with E-state index in [0.29, 0.717) is 12.1 Å². The van der Waals surface area contributed by atoms with Crippen LogP contribution in [0.3, 0.4) is 0 Å². The predicted molar refractivity (Wildman–Crippen MR) is 75.7 cm³/mol. The molecule has 100 valence electrons. The minimum absolute atomic E-state index is 0.0703. The second-order valence-electron chi connectivity index (χ2n) is 5.75. The molecular formula is C16H25NO. The maximum Gasteiger partial charge on any atom is 0.0541 e. The van der Waals surface area contributed by atoms with Crippen molar-refractivity contribution in [2.24, 2.45) is 0 Å². The van der Waals surface area contributed by atoms with Crippen molar-refractivity contribution in [3.63, 3.8) is 0 Å². The lowest BCUT2D eigenvalue weighted by molar-refractivity contribution is 0.114. The molecule has 1 aromatic rings. The van der Waals surface area contributed by atoms with Crippen LogP contribution in [0, 0.1) is 13.8 Å². The molecule has 1 aliphatic rings. The number of rotatable bonds is 3. The van der Waals surface area contributed by atoms with Crippen molar-refractivity contribution in [1.29, 1.82) is 0 Å². The Labute approximate surface area is 110 Å². The minimum atomic E-state index is -0.0703. The Morgan fingerprint density at radius 3 is 2.50 bits per heavy atom. The van der Waals surface area contributed by atoms with Gasteiger partial charge in [0.05, 0.1) is 6.10 Å². The fourth-order valence-electron chi connectivity index (χ4n) is 2.91. The van der Waals surface area contributed by atoms with Crippen LogP contribution >= 0.6 is 0 Å². The summed E-state index contributed by atoms with van der Waals surface area (Å²) in [6, 6.07) is 7.61. The zero-order valence-electron chi connectivity index (χ0n) is 11.7. The van der Waals surface area contributed by atoms with Gasteiger partial charge in [0.25, 0.3) is 0 Å². The highest BCUT2D eigenvalue weighted by Gasteiger charge is 2.21. The van der Waals surface area contributed by atoms with Crippen molar-refractivity contribution < 1.29 is 5.11 Å². The third-order valence-electron chi connectivity index (χ3n) is 4.08. The first-order valence-electron chi connectivity index (χ1n) is 7.07. The normalized spacial score (nSPS) is 26.0. The lowest BCUT2D eigenvalue weighted by Crippen LogP contribution is -2.36. The number of aryl methyl sites for hydroxylation is 2. The average molecular weight is 247 g/mol. The average Bonchev–Trinajstić information content (AvgIpc) is 2.35. The van der Waals surface area contributed by atoms with Crippen LogP contribution in [0.2, 0.25) is 0 Å². The van der Waals surface area contributed by atoms with Gasteiger partial charge in [0.2, 0.25) is 0 Å². The molecule has 2 rings (SSSR count). The molecule has 1 aromatic carbocycles. The molecule has 1 unspecified atom stereocenters. The second kappa shape index (κ2) is 5.85. The number of nitrogens with one attached hydrogen (secondary N) is 1. The summed E-state index contributed by atoms with van der Waals surface area (Å²) in [5.41, 5.74) is 4.08. The topological polar surface area (TPSA) is 32.3 Å². The van der Waals surface area contributed by atoms with E-state index >= 15 is 0 Å². The van der Waals surface area contributed by atoms with Crippen LogP contribution in [0.25, 0.3) is 0 Å². The van der Waals surface area contributed by atoms with Crippen molar-refractivity contribution in [1.82, 2.24) is 5.32 Å². The van der Waals surface area contributed by atoms with Gasteiger partial charge in [-0.05, 0) is 57.6 Å². The predicted octanol–water partition coefficient (Wildman–Crippen LogP) is 3.26. The zero-order chi connectivity index (χ0) is 13.1. The number of hydrogen-bond donors (Lipinski definition) is 2. The Kier molecular flexibility index (Phi) is 4.41. The third kappa shape index (κ3) is 3.33. The van der Waals surface area contributed by atoms with Crippen LogP contribution in [0.5, 0.6) is 0 Å². The van der Waals surface area contributed by atoms with Gasteiger partial charge in [-0.1, -0.05) is 23.8 Å². The monoisotopic (exact) mass is 247 g/mol. The molecule has 1 fully saturated rings. The minimum Gasteiger partial charge on any atom is -0.393 e. The molecule has 2 N–H and O–H groups in total. The molecule has 0 aliphatic heterocycles. The van der Waals surface area contributed by atoms with Crippen LogP contribution in [-0.2, 0) is 0 Å². The van der Waals surface area contributed by atoms with Crippen molar-refractivity contribution >= 4 is 0 Å². The van der Waals surface area contributed by atoms with Crippen molar-refractivity contribution in [3.05, 3.63) is 34.9 Å². The molecule has 18 heavy (non-hydrogen) atoms. The van der Waals surface area contributed by atoms with Gasteiger partial charge in [-0.2, -0.15) is 0 Å². The van der Waals surface area contributed by atoms with Crippen LogP contribution in [-0.4, -0.2) is 17.3 Å². The highest BCUT2D eigenvalue weighted by Crippen LogP contribution is 2.24. The fourth-order valence-corrected chi connectivity index (χ4v) is 2.91. The van der Waals surface area contributed by atoms with E-state index in [1.165, 1.54) is 16.7 Å². The first-order chi connectivity index (χ1) is 8.56. The van der Waals surface area contributed by atoms with Gasteiger partial charge in [-0.15, -0.1) is 0 Å². The van der Waals surface area contributed by atoms with Crippen LogP contribution in [0.1, 0.15) is 55.3 Å². The van der Waals surface area contributed by atoms with E-state index in [9.17, 15) is 5.11 Å². The molecule has 0 aromatic heterocycles. The van der Waals surface area contributed by atoms with Crippen LogP contribution < -0.4 is 5.32 Å². The number of aliphatic hydroxyl groups excluding tert-OH is 1. The quantitative estimate of drug-likeness (QED) is 0.859. The lowest BCUT2D eigenvalue weighted by Gasteiger charge is -2.29. The SMILES string of the molecule is Cc1ccc(C)c(C(C)NC2CCC(O)CC2)c1. The first kappa shape index (κ1) is 13.6. The number of benzene rings is 1. The summed E-state index contributed by atoms with van der Waals surface area (Å²) >= 11 is 0. The standard InChI is InChI=1S/C16H25NO/c1-11-4-5-12(2)16(10-11)13(3)17-14-6-8-15(18)9-7-14/h4-5,10,13-15,17-18H,6-9H2,1-3H3. The molecule has 1 atom stereocenters. The van der Waals surface area contributed by atoms with E-state index in [1.807, 2.05) is 0 Å². The third-order valence-corrected chi connectivity index (χ3v) is 4.08. The van der Waals surface area contributed by atoms with Gasteiger partial charge < -0.3 is 10.4 Å². The molecule has 0 heterocycles. The highest BCUT2D eigenvalue weighted by molar-refractivity contribution is 5.32. The summed E-state index contributed by atoms with van der Waals surface area (Å²) in [5, 5.41) is 13.2. The molecule has 0 saturated heterocycles. The van der Waals surface area contributed by atoms with E-state index < -0.39 is 0 Å². The summed E-state index contributed by atoms with van der Waals surface area (Å²) in [6.07, 6.45) is 4.00. The Bertz CT molecular complexity index is 394. The molecule has 2 nitrogen and oxygen atoms in total. The lowest BCUT2D eigenvalue weighted by atomic mass is 9.91. The van der Waals surface area contributed by atoms with Gasteiger partial charge in [0.15, 0.2) is 0 Å². The summed E-state index contributed by atoms with van der Waals surface area (Å²) in [6.45, 7) is 6.57. The molecule has 0 spiro atoms.